The summed E-state index contributed by atoms with van der Waals surface area (Å²) in [7, 11) is 3.72. The quantitative estimate of drug-likeness (QED) is 0.593. The third-order valence-corrected chi connectivity index (χ3v) is 2.61. The van der Waals surface area contributed by atoms with Gasteiger partial charge in [0.05, 0.1) is 23.9 Å². The second-order valence-corrected chi connectivity index (χ2v) is 4.60. The highest BCUT2D eigenvalue weighted by atomic mass is 16.5. The summed E-state index contributed by atoms with van der Waals surface area (Å²) in [5.41, 5.74) is 1.19. The number of hydrogen-bond donors (Lipinski definition) is 0. The Morgan fingerprint density at radius 2 is 2.25 bits per heavy atom. The molecule has 0 saturated carbocycles. The highest BCUT2D eigenvalue weighted by Crippen LogP contribution is 2.14. The number of nitrogens with zero attached hydrogens (tertiary/aromatic N) is 4. The van der Waals surface area contributed by atoms with Crippen LogP contribution in [0.5, 0.6) is 5.88 Å². The second kappa shape index (κ2) is 6.18. The molecule has 0 radical (unpaired) electrons. The predicted molar refractivity (Wildman–Crippen MR) is 75.9 cm³/mol. The van der Waals surface area contributed by atoms with Gasteiger partial charge in [0, 0.05) is 32.4 Å². The van der Waals surface area contributed by atoms with Crippen molar-refractivity contribution >= 4 is 11.3 Å². The number of hydrogen-bond acceptors (Lipinski definition) is 5. The van der Waals surface area contributed by atoms with Crippen molar-refractivity contribution in [3.8, 4) is 5.88 Å². The molecule has 6 nitrogen and oxygen atoms in total. The zero-order chi connectivity index (χ0) is 14.5. The van der Waals surface area contributed by atoms with Gasteiger partial charge in [0.2, 0.25) is 5.88 Å². The molecule has 106 valence electrons. The highest BCUT2D eigenvalue weighted by Gasteiger charge is 2.11. The van der Waals surface area contributed by atoms with E-state index in [4.69, 9.17) is 4.74 Å². The molecule has 0 aromatic carbocycles. The van der Waals surface area contributed by atoms with E-state index in [1.54, 1.807) is 23.2 Å². The molecule has 0 saturated heterocycles. The third-order valence-electron chi connectivity index (χ3n) is 2.61. The first-order chi connectivity index (χ1) is 9.61. The summed E-state index contributed by atoms with van der Waals surface area (Å²) in [5, 5.41) is 8.30. The zero-order valence-corrected chi connectivity index (χ0v) is 11.9. The Balaban J connectivity index is 2.26. The van der Waals surface area contributed by atoms with Gasteiger partial charge >= 0.3 is 0 Å². The summed E-state index contributed by atoms with van der Waals surface area (Å²) in [6.45, 7) is 2.64. The number of carbonyl (C=O) groups is 1. The lowest BCUT2D eigenvalue weighted by Gasteiger charge is -2.03. The van der Waals surface area contributed by atoms with Crippen molar-refractivity contribution in [1.29, 1.82) is 0 Å². The lowest BCUT2D eigenvalue weighted by atomic mass is 10.2. The zero-order valence-electron chi connectivity index (χ0n) is 11.9. The van der Waals surface area contributed by atoms with Crippen LogP contribution < -0.4 is 4.74 Å². The van der Waals surface area contributed by atoms with Gasteiger partial charge in [-0.1, -0.05) is 6.92 Å². The number of fused-ring (bicyclic) bond motifs is 1. The second-order valence-electron chi connectivity index (χ2n) is 4.60. The maximum absolute atomic E-state index is 12.1. The molecule has 0 spiro atoms. The molecule has 2 aromatic heterocycles. The standard InChI is InChI=1S/C14H18N4O2/c1-4-9-20-14-6-5-12-11(10-15-18(12)16-14)13(19)7-8-17(2)3/h5-8,10H,4,9H2,1-3H3/b8-7+. The maximum Gasteiger partial charge on any atom is 0.233 e. The molecule has 6 heteroatoms. The SMILES string of the molecule is CCCOc1ccc2c(C(=O)/C=C/N(C)C)cnn2n1. The fraction of sp³-hybridized carbons (Fsp3) is 0.357. The van der Waals surface area contributed by atoms with E-state index < -0.39 is 0 Å². The van der Waals surface area contributed by atoms with Crippen molar-refractivity contribution in [2.45, 2.75) is 13.3 Å². The van der Waals surface area contributed by atoms with Crippen LogP contribution in [0.25, 0.3) is 5.52 Å². The Kier molecular flexibility index (Phi) is 4.34. The first kappa shape index (κ1) is 14.0. The molecule has 2 rings (SSSR count). The monoisotopic (exact) mass is 274 g/mol. The van der Waals surface area contributed by atoms with Crippen molar-refractivity contribution in [3.05, 3.63) is 36.2 Å². The minimum absolute atomic E-state index is 0.0993. The van der Waals surface area contributed by atoms with Gasteiger partial charge in [-0.3, -0.25) is 4.79 Å². The molecule has 0 amide bonds. The first-order valence-corrected chi connectivity index (χ1v) is 6.48. The van der Waals surface area contributed by atoms with E-state index in [0.717, 1.165) is 6.42 Å². The van der Waals surface area contributed by atoms with Crippen LogP contribution in [0.4, 0.5) is 0 Å². The van der Waals surface area contributed by atoms with Gasteiger partial charge < -0.3 is 9.64 Å². The van der Waals surface area contributed by atoms with Crippen LogP contribution in [0.2, 0.25) is 0 Å². The Bertz CT molecular complexity index is 631. The number of rotatable bonds is 6. The average molecular weight is 274 g/mol. The molecule has 2 aromatic rings. The van der Waals surface area contributed by atoms with Crippen molar-refractivity contribution in [2.75, 3.05) is 20.7 Å². The Hall–Kier alpha value is -2.37. The van der Waals surface area contributed by atoms with E-state index >= 15 is 0 Å². The van der Waals surface area contributed by atoms with Gasteiger partial charge in [0.25, 0.3) is 0 Å². The van der Waals surface area contributed by atoms with E-state index in [0.29, 0.717) is 23.6 Å². The van der Waals surface area contributed by atoms with Crippen LogP contribution in [-0.4, -0.2) is 46.2 Å². The van der Waals surface area contributed by atoms with E-state index in [-0.39, 0.29) is 5.78 Å². The topological polar surface area (TPSA) is 59.7 Å². The van der Waals surface area contributed by atoms with Gasteiger partial charge in [-0.2, -0.15) is 5.10 Å². The highest BCUT2D eigenvalue weighted by molar-refractivity contribution is 6.09. The van der Waals surface area contributed by atoms with Crippen LogP contribution in [0.15, 0.2) is 30.6 Å². The molecule has 20 heavy (non-hydrogen) atoms. The lowest BCUT2D eigenvalue weighted by Crippen LogP contribution is -2.04. The summed E-state index contributed by atoms with van der Waals surface area (Å²) in [5.74, 6) is 0.406. The third kappa shape index (κ3) is 3.14. The minimum Gasteiger partial charge on any atom is -0.477 e. The van der Waals surface area contributed by atoms with E-state index in [1.807, 2.05) is 21.0 Å². The van der Waals surface area contributed by atoms with Crippen molar-refractivity contribution in [1.82, 2.24) is 19.7 Å². The van der Waals surface area contributed by atoms with Crippen molar-refractivity contribution in [2.24, 2.45) is 0 Å². The molecule has 0 aliphatic rings. The van der Waals surface area contributed by atoms with Crippen LogP contribution in [-0.2, 0) is 0 Å². The molecule has 0 aliphatic carbocycles. The number of allylic oxidation sites excluding steroid dienone is 1. The largest absolute Gasteiger partial charge is 0.477 e. The summed E-state index contributed by atoms with van der Waals surface area (Å²) >= 11 is 0. The number of ether oxygens (including phenoxy) is 1. The van der Waals surface area contributed by atoms with Crippen molar-refractivity contribution in [3.63, 3.8) is 0 Å². The average Bonchev–Trinajstić information content (AvgIpc) is 2.85. The molecule has 0 aliphatic heterocycles. The molecular formula is C14H18N4O2. The van der Waals surface area contributed by atoms with Crippen LogP contribution in [0.1, 0.15) is 23.7 Å². The summed E-state index contributed by atoms with van der Waals surface area (Å²) in [6, 6.07) is 3.54. The lowest BCUT2D eigenvalue weighted by molar-refractivity contribution is 0.104. The van der Waals surface area contributed by atoms with Gasteiger partial charge in [-0.25, -0.2) is 0 Å². The predicted octanol–water partition coefficient (Wildman–Crippen LogP) is 1.78. The van der Waals surface area contributed by atoms with E-state index in [1.165, 1.54) is 16.9 Å². The Morgan fingerprint density at radius 1 is 1.45 bits per heavy atom. The minimum atomic E-state index is -0.0993. The molecule has 2 heterocycles. The summed E-state index contributed by atoms with van der Waals surface area (Å²) in [4.78, 5) is 13.9. The summed E-state index contributed by atoms with van der Waals surface area (Å²) in [6.07, 6.45) is 5.66. The first-order valence-electron chi connectivity index (χ1n) is 6.48. The Labute approximate surface area is 117 Å². The maximum atomic E-state index is 12.1. The van der Waals surface area contributed by atoms with Crippen LogP contribution in [0.3, 0.4) is 0 Å². The number of aromatic nitrogens is 3. The molecule has 0 N–H and O–H groups in total. The molecular weight excluding hydrogens is 256 g/mol. The number of carbonyl (C=O) groups excluding carboxylic acids is 1. The molecule has 0 atom stereocenters. The summed E-state index contributed by atoms with van der Waals surface area (Å²) < 4.78 is 6.85. The van der Waals surface area contributed by atoms with Gasteiger partial charge in [0.15, 0.2) is 5.78 Å². The smallest absolute Gasteiger partial charge is 0.233 e. The van der Waals surface area contributed by atoms with Crippen LogP contribution in [0, 0.1) is 0 Å². The number of ketones is 1. The van der Waals surface area contributed by atoms with E-state index in [9.17, 15) is 4.79 Å². The Morgan fingerprint density at radius 3 is 2.95 bits per heavy atom. The molecule has 0 fully saturated rings. The van der Waals surface area contributed by atoms with Gasteiger partial charge in [-0.15, -0.1) is 9.73 Å². The molecule has 0 bridgehead atoms. The van der Waals surface area contributed by atoms with E-state index in [2.05, 4.69) is 10.2 Å². The fourth-order valence-electron chi connectivity index (χ4n) is 1.64. The van der Waals surface area contributed by atoms with Gasteiger partial charge in [0.1, 0.15) is 0 Å². The van der Waals surface area contributed by atoms with Crippen molar-refractivity contribution < 1.29 is 9.53 Å². The van der Waals surface area contributed by atoms with Crippen LogP contribution >= 0.6 is 0 Å². The molecule has 0 unspecified atom stereocenters. The van der Waals surface area contributed by atoms with Gasteiger partial charge in [-0.05, 0) is 12.5 Å². The normalized spacial score (nSPS) is 11.2. The fourth-order valence-corrected chi connectivity index (χ4v) is 1.64.